The Morgan fingerprint density at radius 2 is 1.65 bits per heavy atom. The lowest BCUT2D eigenvalue weighted by Gasteiger charge is -2.32. The van der Waals surface area contributed by atoms with E-state index in [1.165, 1.54) is 18.4 Å². The first-order valence-corrected chi connectivity index (χ1v) is 12.8. The van der Waals surface area contributed by atoms with Gasteiger partial charge in [-0.1, -0.05) is 24.3 Å². The van der Waals surface area contributed by atoms with E-state index in [0.717, 1.165) is 37.4 Å². The van der Waals surface area contributed by atoms with Crippen molar-refractivity contribution in [2.75, 3.05) is 19.6 Å². The molecule has 1 aromatic carbocycles. The molecule has 0 amide bonds. The predicted octanol–water partition coefficient (Wildman–Crippen LogP) is 3.31. The van der Waals surface area contributed by atoms with E-state index in [1.807, 2.05) is 29.1 Å². The molecule has 1 aliphatic heterocycles. The Balaban J connectivity index is 0.000000384. The highest BCUT2D eigenvalue weighted by atomic mass is 19.4. The lowest BCUT2D eigenvalue weighted by atomic mass is 9.98. The highest BCUT2D eigenvalue weighted by Crippen LogP contribution is 2.20. The lowest BCUT2D eigenvalue weighted by molar-refractivity contribution is -0.193. The Labute approximate surface area is 241 Å². The van der Waals surface area contributed by atoms with E-state index in [2.05, 4.69) is 32.1 Å². The number of alkyl halides is 6. The van der Waals surface area contributed by atoms with Crippen LogP contribution in [0.3, 0.4) is 0 Å². The van der Waals surface area contributed by atoms with Crippen molar-refractivity contribution >= 4 is 11.9 Å². The van der Waals surface area contributed by atoms with Gasteiger partial charge in [0, 0.05) is 50.1 Å². The summed E-state index contributed by atoms with van der Waals surface area (Å²) in [5.41, 5.74) is 8.68. The van der Waals surface area contributed by atoms with Crippen LogP contribution in [0.15, 0.2) is 53.6 Å². The van der Waals surface area contributed by atoms with Crippen LogP contribution in [0.2, 0.25) is 0 Å². The van der Waals surface area contributed by atoms with E-state index < -0.39 is 24.3 Å². The Morgan fingerprint density at radius 3 is 2.16 bits per heavy atom. The number of rotatable bonds is 7. The summed E-state index contributed by atoms with van der Waals surface area (Å²) in [5.74, 6) is -4.29. The number of carboxylic acids is 2. The van der Waals surface area contributed by atoms with E-state index in [4.69, 9.17) is 25.5 Å². The van der Waals surface area contributed by atoms with Gasteiger partial charge in [0.2, 0.25) is 0 Å². The van der Waals surface area contributed by atoms with E-state index in [9.17, 15) is 31.1 Å². The first kappa shape index (κ1) is 34.9. The molecule has 43 heavy (non-hydrogen) atoms. The first-order chi connectivity index (χ1) is 20.1. The largest absolute Gasteiger partial charge is 0.490 e. The Kier molecular flexibility index (Phi) is 12.9. The molecule has 1 saturated heterocycles. The number of nitrogens with zero attached hydrogens (tertiary/aromatic N) is 4. The standard InChI is InChI=1S/C22H28N6O.2C2HF3O2/c23-14-18-3-1-10-27(16-18)15-17-4-6-19(7-5-17)22-25-20(13-21(29)26-22)8-12-28-11-2-9-24-28;2*3-2(4,5)1(6)7/h2,4-7,9,11,13,18H,1,3,8,10,12,14-16,23H2,(H,25,26,29);2*(H,6,7). The minimum atomic E-state index is -5.08. The number of aryl methyl sites for hydroxylation is 2. The molecule has 17 heteroatoms. The van der Waals surface area contributed by atoms with Crippen LogP contribution >= 0.6 is 0 Å². The normalized spacial score (nSPS) is 15.5. The molecule has 0 bridgehead atoms. The van der Waals surface area contributed by atoms with Gasteiger partial charge in [-0.05, 0) is 43.5 Å². The van der Waals surface area contributed by atoms with Crippen molar-refractivity contribution in [3.8, 4) is 11.4 Å². The number of piperidine rings is 1. The van der Waals surface area contributed by atoms with Gasteiger partial charge in [-0.2, -0.15) is 31.4 Å². The molecule has 236 valence electrons. The summed E-state index contributed by atoms with van der Waals surface area (Å²) in [6.45, 7) is 4.61. The number of carbonyl (C=O) groups is 2. The van der Waals surface area contributed by atoms with Crippen LogP contribution in [-0.2, 0) is 29.1 Å². The number of aromatic amines is 1. The molecule has 4 rings (SSSR count). The van der Waals surface area contributed by atoms with Gasteiger partial charge in [-0.15, -0.1) is 0 Å². The maximum absolute atomic E-state index is 12.1. The topological polar surface area (TPSA) is 167 Å². The smallest absolute Gasteiger partial charge is 0.475 e. The van der Waals surface area contributed by atoms with E-state index in [-0.39, 0.29) is 5.56 Å². The van der Waals surface area contributed by atoms with Crippen LogP contribution in [-0.4, -0.2) is 78.8 Å². The quantitative estimate of drug-likeness (QED) is 0.290. The minimum Gasteiger partial charge on any atom is -0.475 e. The maximum atomic E-state index is 12.1. The molecule has 2 aromatic heterocycles. The maximum Gasteiger partial charge on any atom is 0.490 e. The average Bonchev–Trinajstić information content (AvgIpc) is 3.46. The molecule has 5 N–H and O–H groups in total. The Hall–Kier alpha value is -4.25. The molecule has 1 fully saturated rings. The number of hydrogen-bond donors (Lipinski definition) is 4. The number of carboxylic acid groups (broad SMARTS) is 2. The monoisotopic (exact) mass is 620 g/mol. The van der Waals surface area contributed by atoms with Gasteiger partial charge >= 0.3 is 24.3 Å². The second kappa shape index (κ2) is 15.8. The first-order valence-electron chi connectivity index (χ1n) is 12.8. The predicted molar refractivity (Wildman–Crippen MR) is 141 cm³/mol. The summed E-state index contributed by atoms with van der Waals surface area (Å²) in [4.78, 5) is 39.9. The van der Waals surface area contributed by atoms with Crippen molar-refractivity contribution in [1.82, 2.24) is 24.6 Å². The molecule has 0 saturated carbocycles. The second-order valence-corrected chi connectivity index (χ2v) is 9.39. The number of H-pyrrole nitrogens is 1. The summed E-state index contributed by atoms with van der Waals surface area (Å²) < 4.78 is 65.3. The third-order valence-corrected chi connectivity index (χ3v) is 6.01. The van der Waals surface area contributed by atoms with Gasteiger partial charge in [0.15, 0.2) is 0 Å². The van der Waals surface area contributed by atoms with E-state index >= 15 is 0 Å². The fourth-order valence-corrected chi connectivity index (χ4v) is 3.95. The van der Waals surface area contributed by atoms with Crippen LogP contribution in [0, 0.1) is 5.92 Å². The molecule has 1 atom stereocenters. The molecule has 1 unspecified atom stereocenters. The zero-order chi connectivity index (χ0) is 32.2. The van der Waals surface area contributed by atoms with Gasteiger partial charge in [0.05, 0.1) is 5.69 Å². The summed E-state index contributed by atoms with van der Waals surface area (Å²) in [7, 11) is 0. The van der Waals surface area contributed by atoms with Gasteiger partial charge in [0.1, 0.15) is 5.82 Å². The average molecular weight is 621 g/mol. The Bertz CT molecular complexity index is 1340. The highest BCUT2D eigenvalue weighted by molar-refractivity contribution is 5.73. The van der Waals surface area contributed by atoms with Gasteiger partial charge in [-0.3, -0.25) is 14.4 Å². The Morgan fingerprint density at radius 1 is 1.05 bits per heavy atom. The molecule has 0 spiro atoms. The molecule has 3 aromatic rings. The molecule has 1 aliphatic rings. The summed E-state index contributed by atoms with van der Waals surface area (Å²) >= 11 is 0. The number of hydrogen-bond acceptors (Lipinski definition) is 7. The molecule has 0 radical (unpaired) electrons. The van der Waals surface area contributed by atoms with Crippen LogP contribution in [0.25, 0.3) is 11.4 Å². The van der Waals surface area contributed by atoms with Gasteiger partial charge in [0.25, 0.3) is 5.56 Å². The van der Waals surface area contributed by atoms with Gasteiger partial charge < -0.3 is 20.9 Å². The molecule has 11 nitrogen and oxygen atoms in total. The fraction of sp³-hybridized carbons (Fsp3) is 0.423. The number of nitrogens with two attached hydrogens (primary N) is 1. The number of aromatic nitrogens is 4. The molecular weight excluding hydrogens is 590 g/mol. The summed E-state index contributed by atoms with van der Waals surface area (Å²) in [6.07, 6.45) is -3.39. The van der Waals surface area contributed by atoms with E-state index in [0.29, 0.717) is 24.7 Å². The molecular formula is C26H30F6N6O5. The number of benzene rings is 1. The fourth-order valence-electron chi connectivity index (χ4n) is 3.95. The van der Waals surface area contributed by atoms with Crippen molar-refractivity contribution in [2.45, 2.75) is 44.7 Å². The van der Waals surface area contributed by atoms with Crippen LogP contribution in [0.4, 0.5) is 26.3 Å². The van der Waals surface area contributed by atoms with Crippen LogP contribution in [0.1, 0.15) is 24.1 Å². The number of likely N-dealkylation sites (tertiary alicyclic amines) is 1. The van der Waals surface area contributed by atoms with Crippen molar-refractivity contribution in [2.24, 2.45) is 11.7 Å². The zero-order valence-electron chi connectivity index (χ0n) is 22.6. The van der Waals surface area contributed by atoms with Crippen molar-refractivity contribution in [1.29, 1.82) is 0 Å². The van der Waals surface area contributed by atoms with Crippen LogP contribution in [0.5, 0.6) is 0 Å². The summed E-state index contributed by atoms with van der Waals surface area (Å²) in [5, 5.41) is 18.4. The SMILES string of the molecule is NCC1CCCN(Cc2ccc(-c3nc(CCn4cccn4)cc(=O)[nH]3)cc2)C1.O=C(O)C(F)(F)F.O=C(O)C(F)(F)F. The number of nitrogens with one attached hydrogen (secondary N) is 1. The highest BCUT2D eigenvalue weighted by Gasteiger charge is 2.38. The molecule has 0 aliphatic carbocycles. The zero-order valence-corrected chi connectivity index (χ0v) is 22.6. The van der Waals surface area contributed by atoms with Gasteiger partial charge in [-0.25, -0.2) is 14.6 Å². The summed E-state index contributed by atoms with van der Waals surface area (Å²) in [6, 6.07) is 11.8. The van der Waals surface area contributed by atoms with Crippen molar-refractivity contribution < 1.29 is 46.1 Å². The lowest BCUT2D eigenvalue weighted by Crippen LogP contribution is -2.37. The molecule has 3 heterocycles. The van der Waals surface area contributed by atoms with Crippen LogP contribution < -0.4 is 11.3 Å². The van der Waals surface area contributed by atoms with Crippen molar-refractivity contribution in [3.63, 3.8) is 0 Å². The number of aliphatic carboxylic acids is 2. The van der Waals surface area contributed by atoms with E-state index in [1.54, 1.807) is 12.3 Å². The third kappa shape index (κ3) is 12.7. The minimum absolute atomic E-state index is 0.129. The second-order valence-electron chi connectivity index (χ2n) is 9.39. The third-order valence-electron chi connectivity index (χ3n) is 6.01. The van der Waals surface area contributed by atoms with Crippen molar-refractivity contribution in [3.05, 3.63) is 70.4 Å². The number of halogens is 6.